The molecule has 3 N–H and O–H groups in total. The van der Waals surface area contributed by atoms with Gasteiger partial charge in [0.1, 0.15) is 0 Å². The minimum absolute atomic E-state index is 0.0858. The molecule has 1 unspecified atom stereocenters. The Kier molecular flexibility index (Phi) is 4.12. The molecule has 4 heteroatoms. The van der Waals surface area contributed by atoms with E-state index in [1.165, 1.54) is 16.7 Å². The van der Waals surface area contributed by atoms with Gasteiger partial charge >= 0.3 is 0 Å². The maximum atomic E-state index is 5.68. The summed E-state index contributed by atoms with van der Waals surface area (Å²) < 4.78 is 0. The molecule has 0 amide bonds. The van der Waals surface area contributed by atoms with Crippen molar-refractivity contribution in [1.82, 2.24) is 9.97 Å². The molecule has 19 heavy (non-hydrogen) atoms. The fraction of sp³-hybridized carbons (Fsp3) is 0.333. The zero-order chi connectivity index (χ0) is 13.8. The number of nitrogens with zero attached hydrogens (tertiary/aromatic N) is 2. The summed E-state index contributed by atoms with van der Waals surface area (Å²) in [5.41, 5.74) is 10.4. The van der Waals surface area contributed by atoms with Gasteiger partial charge in [-0.2, -0.15) is 0 Å². The van der Waals surface area contributed by atoms with Crippen LogP contribution in [0.5, 0.6) is 0 Å². The highest BCUT2D eigenvalue weighted by atomic mass is 15.1. The van der Waals surface area contributed by atoms with Crippen molar-refractivity contribution in [3.8, 4) is 11.1 Å². The van der Waals surface area contributed by atoms with Gasteiger partial charge in [-0.3, -0.25) is 0 Å². The normalized spacial score (nSPS) is 12.2. The van der Waals surface area contributed by atoms with Crippen LogP contribution in [0.4, 0.5) is 5.95 Å². The fourth-order valence-electron chi connectivity index (χ4n) is 1.95. The summed E-state index contributed by atoms with van der Waals surface area (Å²) in [6.07, 6.45) is 3.68. The van der Waals surface area contributed by atoms with E-state index in [0.717, 1.165) is 5.56 Å². The Labute approximate surface area is 114 Å². The van der Waals surface area contributed by atoms with Crippen LogP contribution < -0.4 is 11.1 Å². The lowest BCUT2D eigenvalue weighted by atomic mass is 10.0. The van der Waals surface area contributed by atoms with Gasteiger partial charge in [0.05, 0.1) is 0 Å². The highest BCUT2D eigenvalue weighted by Gasteiger charge is 2.04. The maximum absolute atomic E-state index is 5.68. The van der Waals surface area contributed by atoms with Gasteiger partial charge in [0, 0.05) is 30.5 Å². The number of anilines is 1. The highest BCUT2D eigenvalue weighted by Crippen LogP contribution is 2.23. The molecule has 2 rings (SSSR count). The number of aryl methyl sites for hydroxylation is 2. The van der Waals surface area contributed by atoms with E-state index in [0.29, 0.717) is 12.5 Å². The predicted octanol–water partition coefficient (Wildman–Crippen LogP) is 2.52. The average molecular weight is 256 g/mol. The monoisotopic (exact) mass is 256 g/mol. The van der Waals surface area contributed by atoms with E-state index < -0.39 is 0 Å². The Morgan fingerprint density at radius 1 is 1.21 bits per heavy atom. The largest absolute Gasteiger partial charge is 0.353 e. The molecule has 0 bridgehead atoms. The summed E-state index contributed by atoms with van der Waals surface area (Å²) in [5, 5.41) is 3.10. The van der Waals surface area contributed by atoms with Crippen LogP contribution in [0.1, 0.15) is 18.1 Å². The molecule has 0 saturated heterocycles. The van der Waals surface area contributed by atoms with Crippen molar-refractivity contribution in [2.24, 2.45) is 5.73 Å². The van der Waals surface area contributed by atoms with E-state index >= 15 is 0 Å². The minimum Gasteiger partial charge on any atom is -0.353 e. The van der Waals surface area contributed by atoms with Gasteiger partial charge in [0.15, 0.2) is 0 Å². The summed E-state index contributed by atoms with van der Waals surface area (Å²) >= 11 is 0. The van der Waals surface area contributed by atoms with E-state index in [1.54, 1.807) is 0 Å². The Morgan fingerprint density at radius 3 is 2.47 bits per heavy atom. The summed E-state index contributed by atoms with van der Waals surface area (Å²) in [4.78, 5) is 8.63. The van der Waals surface area contributed by atoms with Crippen LogP contribution in [0.15, 0.2) is 30.6 Å². The Bertz CT molecular complexity index is 547. The first-order valence-electron chi connectivity index (χ1n) is 6.45. The van der Waals surface area contributed by atoms with Gasteiger partial charge in [-0.05, 0) is 31.9 Å². The lowest BCUT2D eigenvalue weighted by Gasteiger charge is -2.09. The van der Waals surface area contributed by atoms with Crippen LogP contribution in [0.3, 0.4) is 0 Å². The molecule has 1 heterocycles. The van der Waals surface area contributed by atoms with Gasteiger partial charge in [-0.15, -0.1) is 0 Å². The molecule has 0 saturated carbocycles. The second kappa shape index (κ2) is 5.80. The average Bonchev–Trinajstić information content (AvgIpc) is 2.37. The first-order valence-corrected chi connectivity index (χ1v) is 6.45. The first kappa shape index (κ1) is 13.5. The van der Waals surface area contributed by atoms with Crippen molar-refractivity contribution in [1.29, 1.82) is 0 Å². The molecule has 1 atom stereocenters. The number of hydrogen-bond donors (Lipinski definition) is 2. The van der Waals surface area contributed by atoms with E-state index in [2.05, 4.69) is 47.3 Å². The standard InChI is InChI=1S/C15H20N4/c1-10-4-5-14(11(2)6-10)13-8-18-15(19-9-13)17-7-12(3)16/h4-6,8-9,12H,7,16H2,1-3H3,(H,17,18,19). The molecule has 4 nitrogen and oxygen atoms in total. The van der Waals surface area contributed by atoms with Crippen LogP contribution in [-0.4, -0.2) is 22.6 Å². The summed E-state index contributed by atoms with van der Waals surface area (Å²) in [6, 6.07) is 6.46. The summed E-state index contributed by atoms with van der Waals surface area (Å²) in [5.74, 6) is 0.616. The molecule has 0 aliphatic rings. The lowest BCUT2D eigenvalue weighted by molar-refractivity contribution is 0.773. The number of benzene rings is 1. The fourth-order valence-corrected chi connectivity index (χ4v) is 1.95. The Morgan fingerprint density at radius 2 is 1.89 bits per heavy atom. The zero-order valence-electron chi connectivity index (χ0n) is 11.6. The van der Waals surface area contributed by atoms with E-state index in [1.807, 2.05) is 19.3 Å². The van der Waals surface area contributed by atoms with Gasteiger partial charge in [-0.25, -0.2) is 9.97 Å². The van der Waals surface area contributed by atoms with Crippen LogP contribution in [0, 0.1) is 13.8 Å². The van der Waals surface area contributed by atoms with E-state index in [-0.39, 0.29) is 6.04 Å². The van der Waals surface area contributed by atoms with Crippen molar-refractivity contribution in [2.75, 3.05) is 11.9 Å². The molecular formula is C15H20N4. The maximum Gasteiger partial charge on any atom is 0.222 e. The highest BCUT2D eigenvalue weighted by molar-refractivity contribution is 5.66. The summed E-state index contributed by atoms with van der Waals surface area (Å²) in [6.45, 7) is 6.80. The smallest absolute Gasteiger partial charge is 0.222 e. The third-order valence-corrected chi connectivity index (χ3v) is 2.93. The van der Waals surface area contributed by atoms with Crippen LogP contribution >= 0.6 is 0 Å². The van der Waals surface area contributed by atoms with Crippen molar-refractivity contribution in [3.05, 3.63) is 41.7 Å². The lowest BCUT2D eigenvalue weighted by Crippen LogP contribution is -2.25. The second-order valence-corrected chi connectivity index (χ2v) is 4.97. The molecular weight excluding hydrogens is 236 g/mol. The van der Waals surface area contributed by atoms with Gasteiger partial charge < -0.3 is 11.1 Å². The third kappa shape index (κ3) is 3.51. The molecule has 2 aromatic rings. The topological polar surface area (TPSA) is 63.8 Å². The third-order valence-electron chi connectivity index (χ3n) is 2.93. The van der Waals surface area contributed by atoms with Gasteiger partial charge in [0.2, 0.25) is 5.95 Å². The van der Waals surface area contributed by atoms with E-state index in [4.69, 9.17) is 5.73 Å². The van der Waals surface area contributed by atoms with Crippen molar-refractivity contribution >= 4 is 5.95 Å². The second-order valence-electron chi connectivity index (χ2n) is 4.97. The summed E-state index contributed by atoms with van der Waals surface area (Å²) in [7, 11) is 0. The molecule has 0 aliphatic heterocycles. The first-order chi connectivity index (χ1) is 9.06. The molecule has 0 spiro atoms. The molecule has 1 aromatic carbocycles. The Hall–Kier alpha value is -1.94. The molecule has 0 fully saturated rings. The molecule has 100 valence electrons. The zero-order valence-corrected chi connectivity index (χ0v) is 11.6. The number of nitrogens with one attached hydrogen (secondary N) is 1. The molecule has 1 aromatic heterocycles. The Balaban J connectivity index is 2.18. The van der Waals surface area contributed by atoms with Crippen LogP contribution in [-0.2, 0) is 0 Å². The molecule has 0 radical (unpaired) electrons. The quantitative estimate of drug-likeness (QED) is 0.882. The SMILES string of the molecule is Cc1ccc(-c2cnc(NCC(C)N)nc2)c(C)c1. The van der Waals surface area contributed by atoms with Crippen LogP contribution in [0.2, 0.25) is 0 Å². The number of rotatable bonds is 4. The van der Waals surface area contributed by atoms with Gasteiger partial charge in [0.25, 0.3) is 0 Å². The molecule has 0 aliphatic carbocycles. The van der Waals surface area contributed by atoms with Crippen molar-refractivity contribution < 1.29 is 0 Å². The minimum atomic E-state index is 0.0858. The number of aromatic nitrogens is 2. The van der Waals surface area contributed by atoms with Crippen molar-refractivity contribution in [2.45, 2.75) is 26.8 Å². The van der Waals surface area contributed by atoms with Gasteiger partial charge in [-0.1, -0.05) is 23.8 Å². The van der Waals surface area contributed by atoms with Crippen LogP contribution in [0.25, 0.3) is 11.1 Å². The number of nitrogens with two attached hydrogens (primary N) is 1. The van der Waals surface area contributed by atoms with E-state index in [9.17, 15) is 0 Å². The predicted molar refractivity (Wildman–Crippen MR) is 79.1 cm³/mol. The number of hydrogen-bond acceptors (Lipinski definition) is 4. The van der Waals surface area contributed by atoms with Crippen molar-refractivity contribution in [3.63, 3.8) is 0 Å².